The van der Waals surface area contributed by atoms with Crippen molar-refractivity contribution in [1.82, 2.24) is 0 Å². The molecule has 4 heteroatoms. The summed E-state index contributed by atoms with van der Waals surface area (Å²) in [6.07, 6.45) is -0.0484. The van der Waals surface area contributed by atoms with E-state index in [1.165, 1.54) is 0 Å². The van der Waals surface area contributed by atoms with E-state index in [0.717, 1.165) is 10.0 Å². The first-order valence-corrected chi connectivity index (χ1v) is 6.89. The van der Waals surface area contributed by atoms with Crippen LogP contribution in [0, 0.1) is 0 Å². The van der Waals surface area contributed by atoms with Crippen molar-refractivity contribution in [3.8, 4) is 0 Å². The van der Waals surface area contributed by atoms with Crippen LogP contribution in [0.25, 0.3) is 0 Å². The Labute approximate surface area is 115 Å². The Kier molecular flexibility index (Phi) is 2.84. The maximum absolute atomic E-state index is 12.0. The van der Waals surface area contributed by atoms with Crippen LogP contribution in [0.3, 0.4) is 0 Å². The molecule has 1 aliphatic heterocycles. The molecule has 1 aromatic rings. The third-order valence-corrected chi connectivity index (χ3v) is 4.03. The Bertz CT molecular complexity index is 498. The Hall–Kier alpha value is -0.710. The van der Waals surface area contributed by atoms with E-state index < -0.39 is 11.9 Å². The number of hydrogen-bond donors (Lipinski definition) is 0. The van der Waals surface area contributed by atoms with Crippen LogP contribution in [-0.2, 0) is 14.3 Å². The zero-order valence-corrected chi connectivity index (χ0v) is 11.9. The third-order valence-electron chi connectivity index (χ3n) is 3.54. The van der Waals surface area contributed by atoms with Crippen LogP contribution in [0.15, 0.2) is 28.7 Å². The second-order valence-corrected chi connectivity index (χ2v) is 6.27. The van der Waals surface area contributed by atoms with E-state index >= 15 is 0 Å². The van der Waals surface area contributed by atoms with Gasteiger partial charge in [0.25, 0.3) is 0 Å². The van der Waals surface area contributed by atoms with Gasteiger partial charge in [-0.15, -0.1) is 0 Å². The van der Waals surface area contributed by atoms with Crippen molar-refractivity contribution in [2.24, 2.45) is 0 Å². The number of Topliss-reactive ketones (excluding diaryl/α,β-unsaturated/α-hetero) is 1. The van der Waals surface area contributed by atoms with E-state index in [1.54, 1.807) is 0 Å². The van der Waals surface area contributed by atoms with Gasteiger partial charge in [0.05, 0.1) is 0 Å². The first kappa shape index (κ1) is 12.3. The van der Waals surface area contributed by atoms with Crippen LogP contribution in [0.1, 0.15) is 31.7 Å². The fraction of sp³-hybridized carbons (Fsp3) is 0.500. The van der Waals surface area contributed by atoms with Gasteiger partial charge < -0.3 is 9.47 Å². The van der Waals surface area contributed by atoms with E-state index in [4.69, 9.17) is 9.47 Å². The summed E-state index contributed by atoms with van der Waals surface area (Å²) in [5, 5.41) is 0. The number of hydrogen-bond acceptors (Lipinski definition) is 3. The molecule has 3 nitrogen and oxygen atoms in total. The highest BCUT2D eigenvalue weighted by atomic mass is 79.9. The number of ketones is 1. The molecule has 0 radical (unpaired) electrons. The van der Waals surface area contributed by atoms with Crippen molar-refractivity contribution >= 4 is 21.7 Å². The van der Waals surface area contributed by atoms with Gasteiger partial charge in [-0.3, -0.25) is 4.79 Å². The standard InChI is InChI=1S/C14H15BrO3/c1-14(2)17-12-10(7-11(16)13(12)18-14)8-4-3-5-9(15)6-8/h3-6,10,12-13H,7H2,1-2H3/t10-,12-,13+/m1/s1. The summed E-state index contributed by atoms with van der Waals surface area (Å²) in [6, 6.07) is 8.06. The van der Waals surface area contributed by atoms with Gasteiger partial charge in [-0.05, 0) is 31.5 Å². The summed E-state index contributed by atoms with van der Waals surface area (Å²) in [5.41, 5.74) is 1.13. The van der Waals surface area contributed by atoms with Crippen molar-refractivity contribution in [3.63, 3.8) is 0 Å². The van der Waals surface area contributed by atoms with Crippen molar-refractivity contribution in [3.05, 3.63) is 34.3 Å². The Morgan fingerprint density at radius 2 is 2.11 bits per heavy atom. The zero-order chi connectivity index (χ0) is 12.9. The van der Waals surface area contributed by atoms with Gasteiger partial charge >= 0.3 is 0 Å². The molecule has 3 atom stereocenters. The molecule has 0 spiro atoms. The number of benzene rings is 1. The lowest BCUT2D eigenvalue weighted by Gasteiger charge is -2.21. The molecule has 18 heavy (non-hydrogen) atoms. The highest BCUT2D eigenvalue weighted by molar-refractivity contribution is 9.10. The van der Waals surface area contributed by atoms with Crippen LogP contribution in [0.5, 0.6) is 0 Å². The van der Waals surface area contributed by atoms with Gasteiger partial charge in [0.2, 0.25) is 0 Å². The van der Waals surface area contributed by atoms with Crippen molar-refractivity contribution in [2.45, 2.75) is 44.2 Å². The molecule has 1 aromatic carbocycles. The second kappa shape index (κ2) is 4.15. The maximum Gasteiger partial charge on any atom is 0.165 e. The molecule has 0 amide bonds. The van der Waals surface area contributed by atoms with Gasteiger partial charge in [-0.2, -0.15) is 0 Å². The molecule has 2 fully saturated rings. The normalized spacial score (nSPS) is 33.7. The van der Waals surface area contributed by atoms with Crippen LogP contribution in [0.2, 0.25) is 0 Å². The van der Waals surface area contributed by atoms with E-state index in [1.807, 2.05) is 32.0 Å². The largest absolute Gasteiger partial charge is 0.343 e. The van der Waals surface area contributed by atoms with Crippen LogP contribution >= 0.6 is 15.9 Å². The van der Waals surface area contributed by atoms with Gasteiger partial charge in [0, 0.05) is 16.8 Å². The average molecular weight is 311 g/mol. The molecule has 0 bridgehead atoms. The molecule has 1 saturated carbocycles. The Morgan fingerprint density at radius 1 is 1.33 bits per heavy atom. The van der Waals surface area contributed by atoms with Crippen molar-refractivity contribution in [2.75, 3.05) is 0 Å². The van der Waals surface area contributed by atoms with Gasteiger partial charge in [-0.25, -0.2) is 0 Å². The zero-order valence-electron chi connectivity index (χ0n) is 10.4. The lowest BCUT2D eigenvalue weighted by molar-refractivity contribution is -0.160. The molecule has 1 aliphatic carbocycles. The number of rotatable bonds is 1. The predicted octanol–water partition coefficient (Wildman–Crippen LogP) is 3.03. The number of fused-ring (bicyclic) bond motifs is 1. The fourth-order valence-corrected chi connectivity index (χ4v) is 3.24. The average Bonchev–Trinajstić information content (AvgIpc) is 2.74. The molecule has 0 N–H and O–H groups in total. The lowest BCUT2D eigenvalue weighted by Crippen LogP contribution is -2.25. The van der Waals surface area contributed by atoms with Gasteiger partial charge in [0.15, 0.2) is 11.6 Å². The molecular weight excluding hydrogens is 296 g/mol. The highest BCUT2D eigenvalue weighted by Gasteiger charge is 2.53. The Morgan fingerprint density at radius 3 is 2.83 bits per heavy atom. The van der Waals surface area contributed by atoms with Gasteiger partial charge in [-0.1, -0.05) is 28.1 Å². The van der Waals surface area contributed by atoms with Crippen LogP contribution in [0.4, 0.5) is 0 Å². The van der Waals surface area contributed by atoms with Crippen LogP contribution in [-0.4, -0.2) is 23.8 Å². The van der Waals surface area contributed by atoms with Gasteiger partial charge in [0.1, 0.15) is 12.2 Å². The number of carbonyl (C=O) groups is 1. The molecule has 96 valence electrons. The fourth-order valence-electron chi connectivity index (χ4n) is 2.83. The maximum atomic E-state index is 12.0. The van der Waals surface area contributed by atoms with Crippen molar-refractivity contribution < 1.29 is 14.3 Å². The quantitative estimate of drug-likeness (QED) is 0.800. The van der Waals surface area contributed by atoms with Crippen molar-refractivity contribution in [1.29, 1.82) is 0 Å². The molecular formula is C14H15BrO3. The first-order valence-electron chi connectivity index (χ1n) is 6.10. The summed E-state index contributed by atoms with van der Waals surface area (Å²) in [7, 11) is 0. The van der Waals surface area contributed by atoms with Crippen LogP contribution < -0.4 is 0 Å². The minimum absolute atomic E-state index is 0.0989. The molecule has 0 unspecified atom stereocenters. The smallest absolute Gasteiger partial charge is 0.165 e. The minimum Gasteiger partial charge on any atom is -0.343 e. The summed E-state index contributed by atoms with van der Waals surface area (Å²) in [6.45, 7) is 3.72. The van der Waals surface area contributed by atoms with E-state index in [9.17, 15) is 4.79 Å². The second-order valence-electron chi connectivity index (χ2n) is 5.35. The minimum atomic E-state index is -0.657. The summed E-state index contributed by atoms with van der Waals surface area (Å²) in [4.78, 5) is 12.0. The molecule has 3 rings (SSSR count). The number of carbonyl (C=O) groups excluding carboxylic acids is 1. The highest BCUT2D eigenvalue weighted by Crippen LogP contribution is 2.44. The molecule has 1 heterocycles. The predicted molar refractivity (Wildman–Crippen MR) is 70.3 cm³/mol. The third kappa shape index (κ3) is 2.02. The van der Waals surface area contributed by atoms with E-state index in [-0.39, 0.29) is 17.8 Å². The Balaban J connectivity index is 1.93. The topological polar surface area (TPSA) is 35.5 Å². The molecule has 2 aliphatic rings. The first-order chi connectivity index (χ1) is 8.46. The van der Waals surface area contributed by atoms with E-state index in [2.05, 4.69) is 22.0 Å². The monoisotopic (exact) mass is 310 g/mol. The number of ether oxygens (including phenoxy) is 2. The lowest BCUT2D eigenvalue weighted by atomic mass is 9.95. The SMILES string of the molecule is CC1(C)O[C@@H]2[C@@H](c3cccc(Br)c3)CC(=O)[C@@H]2O1. The number of halogens is 1. The molecule has 1 saturated heterocycles. The van der Waals surface area contributed by atoms with E-state index in [0.29, 0.717) is 6.42 Å². The summed E-state index contributed by atoms with van der Waals surface area (Å²) < 4.78 is 12.6. The molecule has 0 aromatic heterocycles. The summed E-state index contributed by atoms with van der Waals surface area (Å²) >= 11 is 3.46. The summed E-state index contributed by atoms with van der Waals surface area (Å²) in [5.74, 6) is -0.410.